The normalized spacial score (nSPS) is 18.7. The van der Waals surface area contributed by atoms with E-state index in [9.17, 15) is 33.9 Å². The molecule has 1 fully saturated rings. The third kappa shape index (κ3) is 13.0. The van der Waals surface area contributed by atoms with Crippen molar-refractivity contribution in [2.75, 3.05) is 49.0 Å². The highest BCUT2D eigenvalue weighted by Gasteiger charge is 2.43. The molecule has 9 atom stereocenters. The van der Waals surface area contributed by atoms with E-state index in [-0.39, 0.29) is 30.6 Å². The van der Waals surface area contributed by atoms with Crippen molar-refractivity contribution in [1.29, 1.82) is 0 Å². The predicted octanol–water partition coefficient (Wildman–Crippen LogP) is 2.35. The predicted molar refractivity (Wildman–Crippen MR) is 207 cm³/mol. The molecule has 1 saturated heterocycles. The molecule has 8 unspecified atom stereocenters. The summed E-state index contributed by atoms with van der Waals surface area (Å²) in [6, 6.07) is 5.31. The molecule has 2 rings (SSSR count). The Hall–Kier alpha value is -4.08. The third-order valence-corrected chi connectivity index (χ3v) is 10.8. The first-order chi connectivity index (χ1) is 25.9. The van der Waals surface area contributed by atoms with Crippen LogP contribution in [0.4, 0.5) is 0 Å². The van der Waals surface area contributed by atoms with Crippen LogP contribution in [0.25, 0.3) is 0 Å². The summed E-state index contributed by atoms with van der Waals surface area (Å²) in [6.45, 7) is 9.73. The second-order valence-electron chi connectivity index (χ2n) is 15.2. The Morgan fingerprint density at radius 3 is 2.02 bits per heavy atom. The van der Waals surface area contributed by atoms with Gasteiger partial charge in [-0.1, -0.05) is 71.4 Å². The molecular formula is C40H65N5O10. The zero-order valence-corrected chi connectivity index (χ0v) is 34.6. The van der Waals surface area contributed by atoms with E-state index in [2.05, 4.69) is 10.6 Å². The molecule has 15 nitrogen and oxygen atoms in total. The number of likely N-dealkylation sites (tertiary alicyclic amines) is 1. The Bertz CT molecular complexity index is 1420. The smallest absolute Gasteiger partial charge is 0.328 e. The topological polar surface area (TPSA) is 184 Å². The maximum atomic E-state index is 14.2. The standard InChI is InChI=1S/C40H65N5O10/c1-12-25(4)35(44(8)39(51)28(22-33(47)48)41-38(50)34(24(2)3)43(6)7)31(53-9)23-32(46)45-20-16-19-30(45)36(54-10)26(5)37(49)42-29(40(52)55-11)21-27-17-14-13-15-18-27/h13-15,17-18,24-26,28-31,34-36H,12,16,19-23H2,1-11H3,(H,41,50)(H,42,49)(H,47,48)/t25?,26?,28?,29?,30-,31?,34?,35?,36?/m0/s1. The van der Waals surface area contributed by atoms with Crippen LogP contribution in [-0.4, -0.2) is 147 Å². The van der Waals surface area contributed by atoms with E-state index in [1.54, 1.807) is 37.9 Å². The molecule has 0 spiro atoms. The van der Waals surface area contributed by atoms with Crippen molar-refractivity contribution in [3.8, 4) is 0 Å². The molecule has 0 radical (unpaired) electrons. The van der Waals surface area contributed by atoms with Gasteiger partial charge in [-0.25, -0.2) is 4.79 Å². The monoisotopic (exact) mass is 775 g/mol. The highest BCUT2D eigenvalue weighted by molar-refractivity contribution is 5.92. The van der Waals surface area contributed by atoms with Crippen LogP contribution >= 0.6 is 0 Å². The van der Waals surface area contributed by atoms with E-state index >= 15 is 0 Å². The molecule has 1 aromatic carbocycles. The van der Waals surface area contributed by atoms with Gasteiger partial charge in [0.2, 0.25) is 23.6 Å². The van der Waals surface area contributed by atoms with Crippen molar-refractivity contribution in [1.82, 2.24) is 25.3 Å². The number of methoxy groups -OCH3 is 3. The second-order valence-corrected chi connectivity index (χ2v) is 15.2. The van der Waals surface area contributed by atoms with Gasteiger partial charge >= 0.3 is 11.9 Å². The van der Waals surface area contributed by atoms with Gasteiger partial charge in [-0.05, 0) is 44.3 Å². The van der Waals surface area contributed by atoms with E-state index in [0.717, 1.165) is 5.56 Å². The SMILES string of the molecule is CCC(C)C(C(CC(=O)N1CCC[C@H]1C(OC)C(C)C(=O)NC(Cc1ccccc1)C(=O)OC)OC)N(C)C(=O)C(CC(=O)O)NC(=O)C(C(C)C)N(C)C. The van der Waals surface area contributed by atoms with Crippen molar-refractivity contribution >= 4 is 35.6 Å². The molecule has 55 heavy (non-hydrogen) atoms. The van der Waals surface area contributed by atoms with Gasteiger partial charge in [0.1, 0.15) is 12.1 Å². The number of hydrogen-bond acceptors (Lipinski definition) is 10. The quantitative estimate of drug-likeness (QED) is 0.147. The number of ether oxygens (including phenoxy) is 3. The fraction of sp³-hybridized carbons (Fsp3) is 0.700. The minimum atomic E-state index is -1.35. The molecular weight excluding hydrogens is 710 g/mol. The van der Waals surface area contributed by atoms with Gasteiger partial charge in [-0.2, -0.15) is 0 Å². The molecule has 4 amide bonds. The first kappa shape index (κ1) is 47.1. The van der Waals surface area contributed by atoms with Crippen LogP contribution in [-0.2, 0) is 49.4 Å². The Kier molecular flexibility index (Phi) is 19.2. The second kappa shape index (κ2) is 22.5. The number of nitrogens with zero attached hydrogens (tertiary/aromatic N) is 3. The average molecular weight is 776 g/mol. The Morgan fingerprint density at radius 1 is 0.891 bits per heavy atom. The summed E-state index contributed by atoms with van der Waals surface area (Å²) < 4.78 is 16.8. The molecule has 0 bridgehead atoms. The van der Waals surface area contributed by atoms with E-state index in [0.29, 0.717) is 25.8 Å². The number of carbonyl (C=O) groups excluding carboxylic acids is 5. The van der Waals surface area contributed by atoms with Gasteiger partial charge in [-0.3, -0.25) is 28.9 Å². The molecule has 1 aromatic rings. The number of carboxylic acid groups (broad SMARTS) is 1. The van der Waals surface area contributed by atoms with Crippen LogP contribution < -0.4 is 10.6 Å². The lowest BCUT2D eigenvalue weighted by atomic mass is 9.89. The van der Waals surface area contributed by atoms with Crippen molar-refractivity contribution < 1.29 is 48.1 Å². The number of carboxylic acids is 1. The summed E-state index contributed by atoms with van der Waals surface area (Å²) in [7, 11) is 9.25. The summed E-state index contributed by atoms with van der Waals surface area (Å²) in [6.07, 6.45) is -0.106. The molecule has 1 heterocycles. The summed E-state index contributed by atoms with van der Waals surface area (Å²) in [5.74, 6) is -4.59. The van der Waals surface area contributed by atoms with Crippen molar-refractivity contribution in [3.63, 3.8) is 0 Å². The molecule has 3 N–H and O–H groups in total. The largest absolute Gasteiger partial charge is 0.481 e. The first-order valence-corrected chi connectivity index (χ1v) is 19.2. The maximum absolute atomic E-state index is 14.2. The molecule has 1 aliphatic heterocycles. The molecule has 0 saturated carbocycles. The van der Waals surface area contributed by atoms with Gasteiger partial charge in [0.25, 0.3) is 0 Å². The third-order valence-electron chi connectivity index (χ3n) is 10.8. The minimum absolute atomic E-state index is 0.106. The van der Waals surface area contributed by atoms with Crippen LogP contribution in [0.1, 0.15) is 72.3 Å². The first-order valence-electron chi connectivity index (χ1n) is 19.2. The number of aliphatic carboxylic acids is 1. The lowest BCUT2D eigenvalue weighted by Crippen LogP contribution is -2.59. The number of carbonyl (C=O) groups is 6. The van der Waals surface area contributed by atoms with Crippen LogP contribution in [0.5, 0.6) is 0 Å². The zero-order chi connectivity index (χ0) is 41.6. The number of rotatable bonds is 22. The fourth-order valence-corrected chi connectivity index (χ4v) is 7.81. The number of benzene rings is 1. The number of esters is 1. The van der Waals surface area contributed by atoms with Crippen molar-refractivity contribution in [2.24, 2.45) is 17.8 Å². The molecule has 15 heteroatoms. The van der Waals surface area contributed by atoms with Crippen molar-refractivity contribution in [2.45, 2.75) is 116 Å². The van der Waals surface area contributed by atoms with Gasteiger partial charge in [0.15, 0.2) is 0 Å². The van der Waals surface area contributed by atoms with Crippen molar-refractivity contribution in [3.05, 3.63) is 35.9 Å². The Morgan fingerprint density at radius 2 is 1.51 bits per heavy atom. The van der Waals surface area contributed by atoms with Crippen LogP contribution in [0.3, 0.4) is 0 Å². The summed E-state index contributed by atoms with van der Waals surface area (Å²) in [5, 5.41) is 15.2. The Labute approximate surface area is 326 Å². The van der Waals surface area contributed by atoms with Gasteiger partial charge in [0.05, 0.1) is 56.2 Å². The zero-order valence-electron chi connectivity index (χ0n) is 34.6. The highest BCUT2D eigenvalue weighted by atomic mass is 16.5. The minimum Gasteiger partial charge on any atom is -0.481 e. The van der Waals surface area contributed by atoms with Gasteiger partial charge in [-0.15, -0.1) is 0 Å². The summed E-state index contributed by atoms with van der Waals surface area (Å²) in [4.78, 5) is 84.6. The van der Waals surface area contributed by atoms with Gasteiger partial charge in [0, 0.05) is 34.2 Å². The van der Waals surface area contributed by atoms with E-state index in [1.165, 1.54) is 26.2 Å². The van der Waals surface area contributed by atoms with E-state index in [4.69, 9.17) is 14.2 Å². The molecule has 310 valence electrons. The lowest BCUT2D eigenvalue weighted by molar-refractivity contribution is -0.149. The fourth-order valence-electron chi connectivity index (χ4n) is 7.81. The van der Waals surface area contributed by atoms with Crippen LogP contribution in [0.2, 0.25) is 0 Å². The van der Waals surface area contributed by atoms with Crippen LogP contribution in [0.15, 0.2) is 30.3 Å². The maximum Gasteiger partial charge on any atom is 0.328 e. The molecule has 0 aliphatic carbocycles. The van der Waals surface area contributed by atoms with E-state index < -0.39 is 84.4 Å². The van der Waals surface area contributed by atoms with Gasteiger partial charge < -0.3 is 39.8 Å². The molecule has 0 aromatic heterocycles. The highest BCUT2D eigenvalue weighted by Crippen LogP contribution is 2.29. The number of amides is 4. The average Bonchev–Trinajstić information content (AvgIpc) is 3.62. The number of hydrogen-bond donors (Lipinski definition) is 3. The Balaban J connectivity index is 2.30. The number of nitrogens with one attached hydrogen (secondary N) is 2. The molecule has 1 aliphatic rings. The summed E-state index contributed by atoms with van der Waals surface area (Å²) in [5.41, 5.74) is 0.851. The summed E-state index contributed by atoms with van der Waals surface area (Å²) >= 11 is 0. The number of likely N-dealkylation sites (N-methyl/N-ethyl adjacent to an activating group) is 2. The van der Waals surface area contributed by atoms with Crippen LogP contribution in [0, 0.1) is 17.8 Å². The lowest BCUT2D eigenvalue weighted by Gasteiger charge is -2.40. The van der Waals surface area contributed by atoms with E-state index in [1.807, 2.05) is 58.0 Å².